The Kier molecular flexibility index (Phi) is 7.71. The third-order valence-corrected chi connectivity index (χ3v) is 5.35. The normalized spacial score (nSPS) is 10.6. The van der Waals surface area contributed by atoms with Gasteiger partial charge in [0.15, 0.2) is 5.78 Å². The minimum absolute atomic E-state index is 0.0139. The van der Waals surface area contributed by atoms with Crippen molar-refractivity contribution < 1.29 is 18.7 Å². The summed E-state index contributed by atoms with van der Waals surface area (Å²) in [5, 5.41) is 0. The molecule has 166 valence electrons. The highest BCUT2D eigenvalue weighted by Crippen LogP contribution is 2.27. The van der Waals surface area contributed by atoms with Crippen molar-refractivity contribution in [1.29, 1.82) is 0 Å². The van der Waals surface area contributed by atoms with Crippen LogP contribution in [0.15, 0.2) is 60.8 Å². The largest absolute Gasteiger partial charge is 0.481 e. The molecule has 0 aliphatic rings. The number of amides is 1. The van der Waals surface area contributed by atoms with Crippen molar-refractivity contribution >= 4 is 17.4 Å². The van der Waals surface area contributed by atoms with Crippen molar-refractivity contribution in [2.45, 2.75) is 32.6 Å². The lowest BCUT2D eigenvalue weighted by Gasteiger charge is -2.18. The maximum Gasteiger partial charge on any atom is 0.226 e. The van der Waals surface area contributed by atoms with Gasteiger partial charge in [0, 0.05) is 37.2 Å². The van der Waals surface area contributed by atoms with Crippen LogP contribution in [0.4, 0.5) is 10.1 Å². The summed E-state index contributed by atoms with van der Waals surface area (Å²) in [6, 6.07) is 15.6. The van der Waals surface area contributed by atoms with Gasteiger partial charge in [0.2, 0.25) is 11.8 Å². The maximum absolute atomic E-state index is 14.7. The molecule has 0 radical (unpaired) electrons. The molecular weight excluding hydrogens is 407 g/mol. The van der Waals surface area contributed by atoms with Gasteiger partial charge in [-0.2, -0.15) is 0 Å². The van der Waals surface area contributed by atoms with Gasteiger partial charge in [-0.25, -0.2) is 9.37 Å². The minimum Gasteiger partial charge on any atom is -0.481 e. The summed E-state index contributed by atoms with van der Waals surface area (Å²) in [6.07, 6.45) is 3.61. The van der Waals surface area contributed by atoms with Crippen LogP contribution >= 0.6 is 0 Å². The van der Waals surface area contributed by atoms with Gasteiger partial charge in [0.05, 0.1) is 12.8 Å². The number of halogens is 1. The summed E-state index contributed by atoms with van der Waals surface area (Å²) in [5.41, 5.74) is 3.21. The van der Waals surface area contributed by atoms with Gasteiger partial charge < -0.3 is 9.64 Å². The quantitative estimate of drug-likeness (QED) is 0.419. The van der Waals surface area contributed by atoms with E-state index in [9.17, 15) is 14.0 Å². The molecule has 5 nitrogen and oxygen atoms in total. The minimum atomic E-state index is -0.458. The highest BCUT2D eigenvalue weighted by Gasteiger charge is 2.15. The number of carbonyl (C=O) groups is 2. The van der Waals surface area contributed by atoms with Crippen LogP contribution in [-0.4, -0.2) is 30.8 Å². The van der Waals surface area contributed by atoms with Crippen LogP contribution in [-0.2, 0) is 11.2 Å². The first-order valence-corrected chi connectivity index (χ1v) is 10.6. The number of anilines is 1. The number of rotatable bonds is 9. The van der Waals surface area contributed by atoms with E-state index in [1.165, 1.54) is 11.0 Å². The van der Waals surface area contributed by atoms with E-state index < -0.39 is 5.82 Å². The summed E-state index contributed by atoms with van der Waals surface area (Å²) in [5.74, 6) is -0.0332. The van der Waals surface area contributed by atoms with Gasteiger partial charge in [0.1, 0.15) is 5.82 Å². The van der Waals surface area contributed by atoms with Crippen molar-refractivity contribution in [2.24, 2.45) is 0 Å². The fourth-order valence-electron chi connectivity index (χ4n) is 3.51. The fourth-order valence-corrected chi connectivity index (χ4v) is 3.51. The number of benzene rings is 2. The summed E-state index contributed by atoms with van der Waals surface area (Å²) in [7, 11) is 3.14. The van der Waals surface area contributed by atoms with Crippen molar-refractivity contribution in [3.63, 3.8) is 0 Å². The first-order valence-electron chi connectivity index (χ1n) is 10.6. The average Bonchev–Trinajstić information content (AvgIpc) is 2.82. The van der Waals surface area contributed by atoms with Gasteiger partial charge >= 0.3 is 0 Å². The van der Waals surface area contributed by atoms with Crippen LogP contribution in [0.2, 0.25) is 0 Å². The Hall–Kier alpha value is -3.54. The molecule has 2 aromatic carbocycles. The first-order chi connectivity index (χ1) is 15.4. The van der Waals surface area contributed by atoms with Crippen molar-refractivity contribution in [3.05, 3.63) is 77.7 Å². The number of ether oxygens (including phenoxy) is 1. The zero-order valence-electron chi connectivity index (χ0n) is 18.6. The number of aromatic nitrogens is 1. The van der Waals surface area contributed by atoms with Crippen LogP contribution in [0.3, 0.4) is 0 Å². The Labute approximate surface area is 187 Å². The molecule has 1 heterocycles. The maximum atomic E-state index is 14.7. The highest BCUT2D eigenvalue weighted by molar-refractivity contribution is 5.96. The van der Waals surface area contributed by atoms with E-state index in [2.05, 4.69) is 4.98 Å². The zero-order valence-corrected chi connectivity index (χ0v) is 18.6. The number of aryl methyl sites for hydroxylation is 1. The Balaban J connectivity index is 1.69. The van der Waals surface area contributed by atoms with Gasteiger partial charge in [-0.15, -0.1) is 0 Å². The Morgan fingerprint density at radius 2 is 1.75 bits per heavy atom. The fraction of sp³-hybridized carbons (Fsp3) is 0.269. The topological polar surface area (TPSA) is 59.5 Å². The molecule has 0 aliphatic carbocycles. The van der Waals surface area contributed by atoms with E-state index in [4.69, 9.17) is 4.74 Å². The predicted octanol–water partition coefficient (Wildman–Crippen LogP) is 5.47. The number of ketones is 1. The number of nitrogens with zero attached hydrogens (tertiary/aromatic N) is 2. The molecule has 1 aromatic heterocycles. The predicted molar refractivity (Wildman–Crippen MR) is 124 cm³/mol. The molecule has 0 saturated carbocycles. The summed E-state index contributed by atoms with van der Waals surface area (Å²) < 4.78 is 19.9. The molecule has 0 N–H and O–H groups in total. The molecule has 0 bridgehead atoms. The summed E-state index contributed by atoms with van der Waals surface area (Å²) >= 11 is 0. The van der Waals surface area contributed by atoms with E-state index in [0.717, 1.165) is 11.1 Å². The van der Waals surface area contributed by atoms with Crippen LogP contribution < -0.4 is 9.64 Å². The lowest BCUT2D eigenvalue weighted by Crippen LogP contribution is -2.26. The summed E-state index contributed by atoms with van der Waals surface area (Å²) in [6.45, 7) is 1.91. The van der Waals surface area contributed by atoms with Crippen LogP contribution in [0, 0.1) is 5.82 Å². The van der Waals surface area contributed by atoms with Gasteiger partial charge in [-0.05, 0) is 42.2 Å². The van der Waals surface area contributed by atoms with E-state index in [1.807, 2.05) is 19.1 Å². The van der Waals surface area contributed by atoms with Gasteiger partial charge in [-0.3, -0.25) is 9.59 Å². The monoisotopic (exact) mass is 434 g/mol. The van der Waals surface area contributed by atoms with Gasteiger partial charge in [0.25, 0.3) is 0 Å². The average molecular weight is 435 g/mol. The van der Waals surface area contributed by atoms with E-state index in [-0.39, 0.29) is 17.4 Å². The lowest BCUT2D eigenvalue weighted by molar-refractivity contribution is -0.118. The highest BCUT2D eigenvalue weighted by atomic mass is 19.1. The number of methoxy groups -OCH3 is 1. The Bertz CT molecular complexity index is 1100. The van der Waals surface area contributed by atoms with E-state index in [1.54, 1.807) is 56.8 Å². The smallest absolute Gasteiger partial charge is 0.226 e. The molecule has 1 amide bonds. The molecule has 0 atom stereocenters. The molecule has 0 spiro atoms. The lowest BCUT2D eigenvalue weighted by atomic mass is 9.99. The molecule has 32 heavy (non-hydrogen) atoms. The standard InChI is InChI=1S/C26H27FN2O3/c1-4-6-25(31)29(2)23-14-12-21(17-22(23)27)18-8-10-19(11-9-18)24(30)15-13-20-7-5-16-28-26(20)32-3/h5,7-12,14,16-17H,4,6,13,15H2,1-3H3. The molecule has 0 unspecified atom stereocenters. The molecule has 0 fully saturated rings. The van der Waals surface area contributed by atoms with Crippen LogP contribution in [0.25, 0.3) is 11.1 Å². The number of Topliss-reactive ketones (excluding diaryl/α,β-unsaturated/α-hetero) is 1. The molecule has 3 aromatic rings. The van der Waals surface area contributed by atoms with Gasteiger partial charge in [-0.1, -0.05) is 43.3 Å². The second-order valence-corrected chi connectivity index (χ2v) is 7.54. The van der Waals surface area contributed by atoms with Crippen molar-refractivity contribution in [2.75, 3.05) is 19.1 Å². The van der Waals surface area contributed by atoms with Crippen molar-refractivity contribution in [1.82, 2.24) is 4.98 Å². The number of carbonyl (C=O) groups excluding carboxylic acids is 2. The van der Waals surface area contributed by atoms with Crippen LogP contribution in [0.5, 0.6) is 5.88 Å². The summed E-state index contributed by atoms with van der Waals surface area (Å²) in [4.78, 5) is 30.1. The van der Waals surface area contributed by atoms with E-state index >= 15 is 0 Å². The third kappa shape index (κ3) is 5.38. The van der Waals surface area contributed by atoms with E-state index in [0.29, 0.717) is 42.7 Å². The second kappa shape index (κ2) is 10.7. The number of hydrogen-bond donors (Lipinski definition) is 0. The molecule has 0 saturated heterocycles. The Morgan fingerprint density at radius 3 is 2.41 bits per heavy atom. The van der Waals surface area contributed by atoms with Crippen molar-refractivity contribution in [3.8, 4) is 17.0 Å². The first kappa shape index (κ1) is 23.1. The third-order valence-electron chi connectivity index (χ3n) is 5.35. The zero-order chi connectivity index (χ0) is 23.1. The molecule has 3 rings (SSSR count). The second-order valence-electron chi connectivity index (χ2n) is 7.54. The Morgan fingerprint density at radius 1 is 1.03 bits per heavy atom. The molecule has 6 heteroatoms. The molecule has 0 aliphatic heterocycles. The van der Waals surface area contributed by atoms with Crippen LogP contribution in [0.1, 0.15) is 42.1 Å². The number of pyridine rings is 1. The SMILES string of the molecule is CCCC(=O)N(C)c1ccc(-c2ccc(C(=O)CCc3cccnc3OC)cc2)cc1F. The number of hydrogen-bond acceptors (Lipinski definition) is 4. The molecular formula is C26H27FN2O3.